The fourth-order valence-electron chi connectivity index (χ4n) is 3.08. The predicted molar refractivity (Wildman–Crippen MR) is 121 cm³/mol. The van der Waals surface area contributed by atoms with Crippen LogP contribution in [0.25, 0.3) is 0 Å². The highest BCUT2D eigenvalue weighted by Crippen LogP contribution is 2.21. The van der Waals surface area contributed by atoms with Crippen LogP contribution in [0.3, 0.4) is 0 Å². The maximum absolute atomic E-state index is 12.9. The molecule has 3 rings (SSSR count). The van der Waals surface area contributed by atoms with Crippen molar-refractivity contribution in [1.82, 2.24) is 24.3 Å². The van der Waals surface area contributed by atoms with E-state index in [-0.39, 0.29) is 49.9 Å². The number of ketones is 1. The van der Waals surface area contributed by atoms with E-state index in [0.29, 0.717) is 16.7 Å². The number of aromatic nitrogens is 5. The first kappa shape index (κ1) is 25.0. The summed E-state index contributed by atoms with van der Waals surface area (Å²) in [5.74, 6) is -0.614. The molecule has 0 unspecified atom stereocenters. The third kappa shape index (κ3) is 5.82. The quantitative estimate of drug-likeness (QED) is 0.199. The Labute approximate surface area is 197 Å². The molecule has 0 fully saturated rings. The Morgan fingerprint density at radius 3 is 2.74 bits per heavy atom. The van der Waals surface area contributed by atoms with Gasteiger partial charge in [-0.2, -0.15) is 0 Å². The molecular formula is C20H24N6O7S. The number of ether oxygens (including phenoxy) is 2. The van der Waals surface area contributed by atoms with Crippen molar-refractivity contribution in [2.24, 2.45) is 0 Å². The van der Waals surface area contributed by atoms with Crippen molar-refractivity contribution in [2.45, 2.75) is 31.6 Å². The van der Waals surface area contributed by atoms with Gasteiger partial charge in [0.1, 0.15) is 29.4 Å². The number of esters is 1. The molecular weight excluding hydrogens is 468 g/mol. The second-order valence-electron chi connectivity index (χ2n) is 6.92. The number of aromatic amines is 1. The van der Waals surface area contributed by atoms with E-state index in [1.807, 2.05) is 0 Å². The van der Waals surface area contributed by atoms with Gasteiger partial charge in [0.05, 0.1) is 38.3 Å². The molecule has 0 radical (unpaired) electrons. The molecule has 3 N–H and O–H groups in total. The number of methoxy groups -OCH3 is 1. The highest BCUT2D eigenvalue weighted by atomic mass is 32.2. The van der Waals surface area contributed by atoms with Gasteiger partial charge in [-0.1, -0.05) is 11.8 Å². The minimum atomic E-state index is -0.873. The number of Topliss-reactive ketones (excluding diaryl/α,β-unsaturated/α-hetero) is 1. The maximum Gasteiger partial charge on any atom is 0.330 e. The molecule has 13 nitrogen and oxygen atoms in total. The fraction of sp³-hybridized carbons (Fsp3) is 0.400. The molecule has 0 aliphatic rings. The van der Waals surface area contributed by atoms with Gasteiger partial charge >= 0.3 is 11.7 Å². The van der Waals surface area contributed by atoms with Gasteiger partial charge in [0.15, 0.2) is 10.9 Å². The van der Waals surface area contributed by atoms with Crippen LogP contribution in [0.4, 0.5) is 5.82 Å². The molecule has 34 heavy (non-hydrogen) atoms. The van der Waals surface area contributed by atoms with Crippen molar-refractivity contribution in [1.29, 1.82) is 0 Å². The molecule has 0 spiro atoms. The highest BCUT2D eigenvalue weighted by Gasteiger charge is 2.22. The van der Waals surface area contributed by atoms with Crippen LogP contribution in [-0.4, -0.2) is 62.1 Å². The summed E-state index contributed by atoms with van der Waals surface area (Å²) in [7, 11) is 1.45. The number of nitrogens with one attached hydrogen (secondary N) is 1. The van der Waals surface area contributed by atoms with Crippen LogP contribution in [0.15, 0.2) is 37.6 Å². The van der Waals surface area contributed by atoms with Crippen molar-refractivity contribution < 1.29 is 23.5 Å². The van der Waals surface area contributed by atoms with Gasteiger partial charge in [-0.15, -0.1) is 10.2 Å². The smallest absolute Gasteiger partial charge is 0.330 e. The molecule has 0 aliphatic heterocycles. The average molecular weight is 493 g/mol. The number of rotatable bonds is 12. The lowest BCUT2D eigenvalue weighted by Gasteiger charge is -2.12. The summed E-state index contributed by atoms with van der Waals surface area (Å²) < 4.78 is 18.0. The second kappa shape index (κ2) is 11.5. The third-order valence-corrected chi connectivity index (χ3v) is 5.63. The van der Waals surface area contributed by atoms with Gasteiger partial charge in [0.2, 0.25) is 0 Å². The van der Waals surface area contributed by atoms with E-state index in [0.717, 1.165) is 16.3 Å². The van der Waals surface area contributed by atoms with Crippen LogP contribution in [-0.2, 0) is 33.8 Å². The predicted octanol–water partition coefficient (Wildman–Crippen LogP) is 0.0786. The zero-order valence-electron chi connectivity index (χ0n) is 18.6. The van der Waals surface area contributed by atoms with E-state index >= 15 is 0 Å². The molecule has 182 valence electrons. The number of anilines is 1. The monoisotopic (exact) mass is 492 g/mol. The third-order valence-electron chi connectivity index (χ3n) is 4.67. The zero-order valence-corrected chi connectivity index (χ0v) is 19.4. The summed E-state index contributed by atoms with van der Waals surface area (Å²) in [5.41, 5.74) is 4.03. The van der Waals surface area contributed by atoms with Gasteiger partial charge in [-0.25, -0.2) is 4.79 Å². The van der Waals surface area contributed by atoms with Gasteiger partial charge in [-0.05, 0) is 19.1 Å². The number of nitrogens with zero attached hydrogens (tertiary/aromatic N) is 4. The van der Waals surface area contributed by atoms with Crippen LogP contribution in [0.5, 0.6) is 0 Å². The molecule has 0 amide bonds. The molecule has 0 saturated heterocycles. The lowest BCUT2D eigenvalue weighted by molar-refractivity contribution is -0.142. The van der Waals surface area contributed by atoms with E-state index in [1.165, 1.54) is 13.4 Å². The first-order chi connectivity index (χ1) is 16.3. The van der Waals surface area contributed by atoms with Crippen LogP contribution in [0.1, 0.15) is 28.9 Å². The molecule has 0 bridgehead atoms. The van der Waals surface area contributed by atoms with Crippen molar-refractivity contribution in [3.8, 4) is 0 Å². The number of nitrogens with two attached hydrogens (primary N) is 1. The zero-order chi connectivity index (χ0) is 24.7. The number of hydrogen-bond donors (Lipinski definition) is 2. The summed E-state index contributed by atoms with van der Waals surface area (Å²) in [6.45, 7) is 2.38. The Hall–Kier alpha value is -3.65. The van der Waals surface area contributed by atoms with Crippen LogP contribution >= 0.6 is 11.8 Å². The molecule has 0 saturated carbocycles. The number of carbonyl (C=O) groups is 2. The Morgan fingerprint density at radius 2 is 2.06 bits per heavy atom. The molecule has 14 heteroatoms. The minimum absolute atomic E-state index is 0.0695. The molecule has 3 aromatic rings. The average Bonchev–Trinajstić information content (AvgIpc) is 3.43. The van der Waals surface area contributed by atoms with Gasteiger partial charge in [0, 0.05) is 7.11 Å². The van der Waals surface area contributed by atoms with E-state index in [4.69, 9.17) is 19.6 Å². The number of thioether (sulfide) groups is 1. The highest BCUT2D eigenvalue weighted by molar-refractivity contribution is 7.99. The number of carbonyl (C=O) groups excluding carboxylic acids is 2. The van der Waals surface area contributed by atoms with E-state index in [1.54, 1.807) is 23.6 Å². The topological polar surface area (TPSA) is 177 Å². The first-order valence-electron chi connectivity index (χ1n) is 10.2. The van der Waals surface area contributed by atoms with Gasteiger partial charge in [-0.3, -0.25) is 28.5 Å². The van der Waals surface area contributed by atoms with Gasteiger partial charge in [0.25, 0.3) is 5.56 Å². The maximum atomic E-state index is 12.9. The first-order valence-corrected chi connectivity index (χ1v) is 11.2. The molecule has 3 aromatic heterocycles. The number of H-pyrrole nitrogens is 1. The summed E-state index contributed by atoms with van der Waals surface area (Å²) in [5, 5.41) is 8.45. The Morgan fingerprint density at radius 1 is 1.26 bits per heavy atom. The van der Waals surface area contributed by atoms with Crippen molar-refractivity contribution in [2.75, 3.05) is 31.8 Å². The number of nitrogen functional groups attached to an aromatic ring is 1. The molecule has 3 heterocycles. The van der Waals surface area contributed by atoms with Crippen LogP contribution in [0, 0.1) is 0 Å². The Kier molecular flexibility index (Phi) is 8.43. The minimum Gasteiger partial charge on any atom is -0.467 e. The summed E-state index contributed by atoms with van der Waals surface area (Å²) >= 11 is 1.00. The lowest BCUT2D eigenvalue weighted by atomic mass is 10.2. The molecule has 0 aromatic carbocycles. The molecule has 0 aliphatic carbocycles. The van der Waals surface area contributed by atoms with E-state index < -0.39 is 23.0 Å². The van der Waals surface area contributed by atoms with Crippen LogP contribution < -0.4 is 17.0 Å². The Bertz CT molecular complexity index is 1260. The van der Waals surface area contributed by atoms with Crippen LogP contribution in [0.2, 0.25) is 0 Å². The van der Waals surface area contributed by atoms with Gasteiger partial charge < -0.3 is 19.6 Å². The fourth-order valence-corrected chi connectivity index (χ4v) is 3.91. The second-order valence-corrected chi connectivity index (χ2v) is 7.86. The SMILES string of the molecule is CCOC(=O)Cc1nnc(SCC(=O)c2c(N)n(CCOC)c(=O)[nH]c2=O)n1Cc1ccco1. The van der Waals surface area contributed by atoms with E-state index in [2.05, 4.69) is 15.2 Å². The standard InChI is InChI=1S/C20H24N6O7S/c1-3-32-15(28)9-14-23-24-20(26(14)10-12-5-4-7-33-12)34-11-13(27)16-17(21)25(6-8-31-2)19(30)22-18(16)29/h4-5,7H,3,6,8-11,21H2,1-2H3,(H,22,29,30). The summed E-state index contributed by atoms with van der Waals surface area (Å²) in [6, 6.07) is 3.46. The summed E-state index contributed by atoms with van der Waals surface area (Å²) in [4.78, 5) is 51.3. The van der Waals surface area contributed by atoms with Crippen molar-refractivity contribution >= 4 is 29.3 Å². The lowest BCUT2D eigenvalue weighted by Crippen LogP contribution is -2.37. The normalized spacial score (nSPS) is 11.0. The van der Waals surface area contributed by atoms with Crippen molar-refractivity contribution in [3.63, 3.8) is 0 Å². The number of hydrogen-bond acceptors (Lipinski definition) is 11. The number of furan rings is 1. The van der Waals surface area contributed by atoms with E-state index in [9.17, 15) is 19.2 Å². The van der Waals surface area contributed by atoms with Crippen molar-refractivity contribution in [3.05, 3.63) is 56.4 Å². The largest absolute Gasteiger partial charge is 0.467 e. The Balaban J connectivity index is 1.84. The molecule has 0 atom stereocenters. The summed E-state index contributed by atoms with van der Waals surface area (Å²) in [6.07, 6.45) is 1.39.